The highest BCUT2D eigenvalue weighted by Gasteiger charge is 2.01. The highest BCUT2D eigenvalue weighted by atomic mass is 16.6. The van der Waals surface area contributed by atoms with Crippen molar-refractivity contribution in [3.8, 4) is 23.7 Å². The summed E-state index contributed by atoms with van der Waals surface area (Å²) in [4.78, 5) is 44.0. The van der Waals surface area contributed by atoms with Crippen molar-refractivity contribution in [1.29, 1.82) is 0 Å². The molecule has 0 saturated carbocycles. The fourth-order valence-electron chi connectivity index (χ4n) is 1.10. The van der Waals surface area contributed by atoms with Gasteiger partial charge in [0.25, 0.3) is 0 Å². The Bertz CT molecular complexity index is 534. The predicted octanol–water partition coefficient (Wildman–Crippen LogP) is -0.778. The summed E-state index contributed by atoms with van der Waals surface area (Å²) in [7, 11) is 0. The monoisotopic (exact) mass is 354 g/mol. The van der Waals surface area contributed by atoms with E-state index in [0.717, 1.165) is 0 Å². The SMILES string of the molecule is CCOC(=O)C#CC(=O)OCCOCCOC(=O)C#CC(=O)OCC. The van der Waals surface area contributed by atoms with Gasteiger partial charge in [0.1, 0.15) is 13.2 Å². The van der Waals surface area contributed by atoms with Gasteiger partial charge in [-0.2, -0.15) is 0 Å². The summed E-state index contributed by atoms with van der Waals surface area (Å²) in [6, 6.07) is 0. The van der Waals surface area contributed by atoms with Crippen molar-refractivity contribution in [3.63, 3.8) is 0 Å². The van der Waals surface area contributed by atoms with E-state index in [0.29, 0.717) is 0 Å². The molecule has 0 aromatic heterocycles. The van der Waals surface area contributed by atoms with E-state index >= 15 is 0 Å². The predicted molar refractivity (Wildman–Crippen MR) is 81.6 cm³/mol. The highest BCUT2D eigenvalue weighted by molar-refractivity contribution is 5.98. The van der Waals surface area contributed by atoms with Crippen LogP contribution in [-0.4, -0.2) is 63.5 Å². The number of carbonyl (C=O) groups is 4. The van der Waals surface area contributed by atoms with Crippen LogP contribution in [0.1, 0.15) is 13.8 Å². The Labute approximate surface area is 144 Å². The number of carbonyl (C=O) groups excluding carboxylic acids is 4. The molecule has 0 amide bonds. The third-order valence-corrected chi connectivity index (χ3v) is 2.01. The van der Waals surface area contributed by atoms with Gasteiger partial charge in [-0.15, -0.1) is 0 Å². The Morgan fingerprint density at radius 3 is 1.20 bits per heavy atom. The first kappa shape index (κ1) is 22.0. The molecule has 9 heteroatoms. The fourth-order valence-corrected chi connectivity index (χ4v) is 1.10. The lowest BCUT2D eigenvalue weighted by Gasteiger charge is -2.03. The first-order chi connectivity index (χ1) is 12.0. The van der Waals surface area contributed by atoms with Crippen LogP contribution >= 0.6 is 0 Å². The van der Waals surface area contributed by atoms with Gasteiger partial charge in [0.15, 0.2) is 0 Å². The van der Waals surface area contributed by atoms with Gasteiger partial charge in [0.2, 0.25) is 0 Å². The van der Waals surface area contributed by atoms with Gasteiger partial charge in [-0.25, -0.2) is 19.2 Å². The standard InChI is InChI=1S/C16H18O9/c1-3-22-13(17)5-7-15(19)24-11-9-21-10-12-25-16(20)8-6-14(18)23-4-2/h3-4,9-12H2,1-2H3. The lowest BCUT2D eigenvalue weighted by molar-refractivity contribution is -0.141. The lowest BCUT2D eigenvalue weighted by Crippen LogP contribution is -2.13. The summed E-state index contributed by atoms with van der Waals surface area (Å²) < 4.78 is 23.4. The van der Waals surface area contributed by atoms with Crippen LogP contribution in [0.2, 0.25) is 0 Å². The van der Waals surface area contributed by atoms with Crippen LogP contribution in [0, 0.1) is 23.7 Å². The van der Waals surface area contributed by atoms with E-state index in [4.69, 9.17) is 4.74 Å². The van der Waals surface area contributed by atoms with Crippen LogP contribution in [0.4, 0.5) is 0 Å². The van der Waals surface area contributed by atoms with Crippen LogP contribution in [-0.2, 0) is 42.9 Å². The van der Waals surface area contributed by atoms with Crippen LogP contribution in [0.3, 0.4) is 0 Å². The van der Waals surface area contributed by atoms with E-state index in [9.17, 15) is 19.2 Å². The van der Waals surface area contributed by atoms with Crippen molar-refractivity contribution in [1.82, 2.24) is 0 Å². The van der Waals surface area contributed by atoms with E-state index in [2.05, 4.69) is 18.9 Å². The van der Waals surface area contributed by atoms with Crippen LogP contribution < -0.4 is 0 Å². The lowest BCUT2D eigenvalue weighted by atomic mass is 10.5. The molecule has 0 fully saturated rings. The molecule has 0 atom stereocenters. The minimum absolute atomic E-state index is 0.0406. The zero-order chi connectivity index (χ0) is 18.9. The molecule has 0 N–H and O–H groups in total. The largest absolute Gasteiger partial charge is 0.456 e. The summed E-state index contributed by atoms with van der Waals surface area (Å²) in [5, 5.41) is 0. The van der Waals surface area contributed by atoms with E-state index in [1.165, 1.54) is 0 Å². The number of hydrogen-bond donors (Lipinski definition) is 0. The van der Waals surface area contributed by atoms with Gasteiger partial charge in [0, 0.05) is 23.7 Å². The number of ether oxygens (including phenoxy) is 5. The van der Waals surface area contributed by atoms with Crippen LogP contribution in [0.15, 0.2) is 0 Å². The van der Waals surface area contributed by atoms with E-state index in [1.807, 2.05) is 23.7 Å². The van der Waals surface area contributed by atoms with Gasteiger partial charge < -0.3 is 23.7 Å². The minimum atomic E-state index is -0.891. The van der Waals surface area contributed by atoms with Gasteiger partial charge in [-0.05, 0) is 13.8 Å². The Morgan fingerprint density at radius 1 is 0.560 bits per heavy atom. The number of esters is 4. The van der Waals surface area contributed by atoms with E-state index in [-0.39, 0.29) is 39.6 Å². The molecule has 0 aromatic carbocycles. The summed E-state index contributed by atoms with van der Waals surface area (Å²) in [6.45, 7) is 3.45. The smallest absolute Gasteiger partial charge is 0.385 e. The first-order valence-electron chi connectivity index (χ1n) is 7.28. The molecule has 0 bridgehead atoms. The Hall–Kier alpha value is -3.04. The second-order valence-electron chi connectivity index (χ2n) is 3.83. The molecular weight excluding hydrogens is 336 g/mol. The summed E-state index contributed by atoms with van der Waals surface area (Å²) in [5.74, 6) is 4.40. The van der Waals surface area contributed by atoms with E-state index in [1.54, 1.807) is 13.8 Å². The molecule has 0 aliphatic carbocycles. The molecular formula is C16H18O9. The van der Waals surface area contributed by atoms with E-state index < -0.39 is 23.9 Å². The molecule has 0 heterocycles. The molecule has 136 valence electrons. The molecule has 0 radical (unpaired) electrons. The van der Waals surface area contributed by atoms with Crippen molar-refractivity contribution in [3.05, 3.63) is 0 Å². The Morgan fingerprint density at radius 2 is 0.880 bits per heavy atom. The zero-order valence-corrected chi connectivity index (χ0v) is 13.9. The van der Waals surface area contributed by atoms with Gasteiger partial charge in [-0.3, -0.25) is 0 Å². The number of hydrogen-bond acceptors (Lipinski definition) is 9. The molecule has 0 aromatic rings. The molecule has 0 aliphatic heterocycles. The maximum Gasteiger partial charge on any atom is 0.385 e. The van der Waals surface area contributed by atoms with Crippen LogP contribution in [0.25, 0.3) is 0 Å². The van der Waals surface area contributed by atoms with Gasteiger partial charge in [-0.1, -0.05) is 0 Å². The number of rotatable bonds is 8. The average Bonchev–Trinajstić information content (AvgIpc) is 2.58. The van der Waals surface area contributed by atoms with Gasteiger partial charge >= 0.3 is 23.9 Å². The molecule has 25 heavy (non-hydrogen) atoms. The molecule has 0 saturated heterocycles. The second-order valence-corrected chi connectivity index (χ2v) is 3.83. The topological polar surface area (TPSA) is 114 Å². The zero-order valence-electron chi connectivity index (χ0n) is 13.9. The molecule has 0 rings (SSSR count). The quantitative estimate of drug-likeness (QED) is 0.182. The summed E-state index contributed by atoms with van der Waals surface area (Å²) in [6.07, 6.45) is 0. The van der Waals surface area contributed by atoms with Crippen molar-refractivity contribution in [2.75, 3.05) is 39.6 Å². The maximum atomic E-state index is 11.1. The fraction of sp³-hybridized carbons (Fsp3) is 0.500. The maximum absolute atomic E-state index is 11.1. The normalized spacial score (nSPS) is 8.72. The van der Waals surface area contributed by atoms with Crippen molar-refractivity contribution in [2.45, 2.75) is 13.8 Å². The molecule has 0 spiro atoms. The third kappa shape index (κ3) is 14.3. The minimum Gasteiger partial charge on any atom is -0.456 e. The van der Waals surface area contributed by atoms with Crippen molar-refractivity contribution in [2.24, 2.45) is 0 Å². The van der Waals surface area contributed by atoms with Gasteiger partial charge in [0.05, 0.1) is 26.4 Å². The van der Waals surface area contributed by atoms with Crippen molar-refractivity contribution < 1.29 is 42.9 Å². The first-order valence-corrected chi connectivity index (χ1v) is 7.28. The van der Waals surface area contributed by atoms with Crippen LogP contribution in [0.5, 0.6) is 0 Å². The highest BCUT2D eigenvalue weighted by Crippen LogP contribution is 1.84. The summed E-state index contributed by atoms with van der Waals surface area (Å²) in [5.41, 5.74) is 0. The Kier molecular flexibility index (Phi) is 12.8. The van der Waals surface area contributed by atoms with Crippen molar-refractivity contribution >= 4 is 23.9 Å². The Balaban J connectivity index is 3.70. The second kappa shape index (κ2) is 14.5. The molecule has 0 unspecified atom stereocenters. The third-order valence-electron chi connectivity index (χ3n) is 2.01. The summed E-state index contributed by atoms with van der Waals surface area (Å²) >= 11 is 0. The molecule has 9 nitrogen and oxygen atoms in total. The average molecular weight is 354 g/mol. The molecule has 0 aliphatic rings.